The van der Waals surface area contributed by atoms with Gasteiger partial charge in [-0.3, -0.25) is 4.79 Å². The standard InChI is InChI=1S/C20H20ClN3O4S.C20H21N3O5S/c1-27-17-7-3-15(4-8-17)13-24(14-16-5-9-18(28-2)10-6-16)29(25,26)20-12-22-19(21)11-23-20;1-27-17-7-3-15(4-8-17)13-23(14-16-5-9-18(28-2)10-6-16)29(25,26)20-12-21-19(24)11-22-20/h3-12H,13-14H2,1-2H3;3-12H,13-14H2,1-2H3,(H,21,24). The van der Waals surface area contributed by atoms with Gasteiger partial charge in [0.25, 0.3) is 25.6 Å². The Bertz CT molecular complexity index is 2390. The Morgan fingerprint density at radius 3 is 1.10 bits per heavy atom. The molecule has 0 atom stereocenters. The zero-order chi connectivity index (χ0) is 41.7. The highest BCUT2D eigenvalue weighted by atomic mass is 35.5. The van der Waals surface area contributed by atoms with Gasteiger partial charge in [0, 0.05) is 32.4 Å². The van der Waals surface area contributed by atoms with E-state index in [1.165, 1.54) is 14.8 Å². The monoisotopic (exact) mass is 848 g/mol. The van der Waals surface area contributed by atoms with Crippen LogP contribution in [0.3, 0.4) is 0 Å². The molecule has 2 heterocycles. The van der Waals surface area contributed by atoms with Crippen LogP contribution in [-0.4, -0.2) is 73.8 Å². The second kappa shape index (κ2) is 20.0. The Hall–Kier alpha value is -5.85. The van der Waals surface area contributed by atoms with E-state index in [0.717, 1.165) is 40.8 Å². The minimum absolute atomic E-state index is 0.124. The van der Waals surface area contributed by atoms with Gasteiger partial charge < -0.3 is 23.9 Å². The lowest BCUT2D eigenvalue weighted by Gasteiger charge is -2.22. The van der Waals surface area contributed by atoms with Crippen molar-refractivity contribution in [3.63, 3.8) is 0 Å². The van der Waals surface area contributed by atoms with Crippen molar-refractivity contribution >= 4 is 31.6 Å². The molecule has 1 N–H and O–H groups in total. The maximum Gasteiger partial charge on any atom is 0.266 e. The average molecular weight is 849 g/mol. The van der Waals surface area contributed by atoms with Crippen LogP contribution in [0.4, 0.5) is 0 Å². The third-order valence-corrected chi connectivity index (χ3v) is 12.1. The van der Waals surface area contributed by atoms with Crippen molar-refractivity contribution in [1.82, 2.24) is 28.5 Å². The summed E-state index contributed by atoms with van der Waals surface area (Å²) in [6.45, 7) is 0.559. The molecule has 0 aliphatic heterocycles. The van der Waals surface area contributed by atoms with Gasteiger partial charge in [-0.2, -0.15) is 8.61 Å². The predicted molar refractivity (Wildman–Crippen MR) is 217 cm³/mol. The van der Waals surface area contributed by atoms with Crippen molar-refractivity contribution in [2.45, 2.75) is 36.2 Å². The maximum absolute atomic E-state index is 13.2. The van der Waals surface area contributed by atoms with E-state index in [2.05, 4.69) is 19.9 Å². The molecule has 304 valence electrons. The van der Waals surface area contributed by atoms with Crippen LogP contribution in [0.15, 0.2) is 137 Å². The summed E-state index contributed by atoms with van der Waals surface area (Å²) in [6.07, 6.45) is 4.43. The quantitative estimate of drug-likeness (QED) is 0.125. The molecule has 4 aromatic carbocycles. The lowest BCUT2D eigenvalue weighted by molar-refractivity contribution is 0.395. The average Bonchev–Trinajstić information content (AvgIpc) is 3.24. The predicted octanol–water partition coefficient (Wildman–Crippen LogP) is 5.72. The van der Waals surface area contributed by atoms with Crippen LogP contribution in [0.2, 0.25) is 5.15 Å². The van der Waals surface area contributed by atoms with Gasteiger partial charge in [0.1, 0.15) is 28.2 Å². The first-order chi connectivity index (χ1) is 27.8. The molecule has 18 heteroatoms. The molecule has 0 amide bonds. The van der Waals surface area contributed by atoms with Crippen LogP contribution in [0, 0.1) is 0 Å². The van der Waals surface area contributed by atoms with Gasteiger partial charge in [-0.25, -0.2) is 31.8 Å². The van der Waals surface area contributed by atoms with Crippen LogP contribution in [0.25, 0.3) is 0 Å². The first-order valence-corrected chi connectivity index (χ1v) is 20.6. The lowest BCUT2D eigenvalue weighted by atomic mass is 10.2. The fourth-order valence-electron chi connectivity index (χ4n) is 5.36. The lowest BCUT2D eigenvalue weighted by Crippen LogP contribution is -2.31. The summed E-state index contributed by atoms with van der Waals surface area (Å²) in [5.41, 5.74) is 2.72. The Labute approximate surface area is 341 Å². The van der Waals surface area contributed by atoms with Crippen molar-refractivity contribution < 1.29 is 35.8 Å². The van der Waals surface area contributed by atoms with E-state index in [9.17, 15) is 21.6 Å². The number of methoxy groups -OCH3 is 4. The fourth-order valence-corrected chi connectivity index (χ4v) is 8.03. The first-order valence-electron chi connectivity index (χ1n) is 17.4. The first kappa shape index (κ1) is 43.3. The number of aromatic amines is 1. The summed E-state index contributed by atoms with van der Waals surface area (Å²) in [4.78, 5) is 25.2. The summed E-state index contributed by atoms with van der Waals surface area (Å²) < 4.78 is 76.1. The molecule has 15 nitrogen and oxygen atoms in total. The minimum atomic E-state index is -3.96. The minimum Gasteiger partial charge on any atom is -0.497 e. The summed E-state index contributed by atoms with van der Waals surface area (Å²) in [6, 6.07) is 28.7. The van der Waals surface area contributed by atoms with Gasteiger partial charge in [0.15, 0.2) is 10.1 Å². The molecular weight excluding hydrogens is 808 g/mol. The largest absolute Gasteiger partial charge is 0.497 e. The Morgan fingerprint density at radius 1 is 0.500 bits per heavy atom. The van der Waals surface area contributed by atoms with Crippen LogP contribution in [-0.2, 0) is 46.2 Å². The van der Waals surface area contributed by atoms with E-state index < -0.39 is 25.6 Å². The van der Waals surface area contributed by atoms with E-state index in [-0.39, 0.29) is 41.4 Å². The van der Waals surface area contributed by atoms with Crippen LogP contribution in [0.5, 0.6) is 23.0 Å². The highest BCUT2D eigenvalue weighted by Crippen LogP contribution is 2.24. The van der Waals surface area contributed by atoms with E-state index in [1.807, 2.05) is 24.3 Å². The van der Waals surface area contributed by atoms with Gasteiger partial charge in [-0.15, -0.1) is 0 Å². The van der Waals surface area contributed by atoms with Crippen molar-refractivity contribution in [2.24, 2.45) is 0 Å². The Balaban J connectivity index is 0.000000221. The number of nitrogens with one attached hydrogen (secondary N) is 1. The molecule has 0 bridgehead atoms. The number of hydrogen-bond acceptors (Lipinski definition) is 12. The molecular formula is C40H41ClN6O9S2. The number of sulfonamides is 2. The third kappa shape index (κ3) is 11.6. The summed E-state index contributed by atoms with van der Waals surface area (Å²) in [7, 11) is -1.57. The van der Waals surface area contributed by atoms with Crippen molar-refractivity contribution in [2.75, 3.05) is 28.4 Å². The molecule has 0 saturated carbocycles. The van der Waals surface area contributed by atoms with Gasteiger partial charge in [0.05, 0.1) is 47.0 Å². The van der Waals surface area contributed by atoms with E-state index in [4.69, 9.17) is 30.5 Å². The van der Waals surface area contributed by atoms with E-state index in [1.54, 1.807) is 101 Å². The number of halogens is 1. The normalized spacial score (nSPS) is 11.4. The number of hydrogen-bond donors (Lipinski definition) is 1. The fraction of sp³-hybridized carbons (Fsp3) is 0.200. The van der Waals surface area contributed by atoms with E-state index >= 15 is 0 Å². The van der Waals surface area contributed by atoms with Crippen LogP contribution < -0.4 is 24.5 Å². The molecule has 0 fully saturated rings. The second-order valence-corrected chi connectivity index (χ2v) is 16.5. The molecule has 0 radical (unpaired) electrons. The molecule has 0 saturated heterocycles. The molecule has 2 aromatic heterocycles. The summed E-state index contributed by atoms with van der Waals surface area (Å²) in [5.74, 6) is 2.75. The molecule has 0 spiro atoms. The number of H-pyrrole nitrogens is 1. The molecule has 6 rings (SSSR count). The molecule has 0 aliphatic rings. The summed E-state index contributed by atoms with van der Waals surface area (Å²) in [5, 5.41) is -0.260. The summed E-state index contributed by atoms with van der Waals surface area (Å²) >= 11 is 5.75. The van der Waals surface area contributed by atoms with Crippen molar-refractivity contribution in [3.05, 3.63) is 160 Å². The molecule has 58 heavy (non-hydrogen) atoms. The Kier molecular flexibility index (Phi) is 14.9. The number of ether oxygens (including phenoxy) is 4. The van der Waals surface area contributed by atoms with Gasteiger partial charge in [0.2, 0.25) is 0 Å². The smallest absolute Gasteiger partial charge is 0.266 e. The number of benzene rings is 4. The zero-order valence-corrected chi connectivity index (χ0v) is 34.4. The van der Waals surface area contributed by atoms with Gasteiger partial charge >= 0.3 is 0 Å². The Morgan fingerprint density at radius 2 is 0.828 bits per heavy atom. The zero-order valence-electron chi connectivity index (χ0n) is 32.0. The van der Waals surface area contributed by atoms with Crippen LogP contribution >= 0.6 is 11.6 Å². The third-order valence-electron chi connectivity index (χ3n) is 8.52. The number of aromatic nitrogens is 4. The topological polar surface area (TPSA) is 183 Å². The van der Waals surface area contributed by atoms with E-state index in [0.29, 0.717) is 23.0 Å². The highest BCUT2D eigenvalue weighted by Gasteiger charge is 2.28. The molecule has 0 unspecified atom stereocenters. The van der Waals surface area contributed by atoms with Crippen molar-refractivity contribution in [1.29, 1.82) is 0 Å². The van der Waals surface area contributed by atoms with Gasteiger partial charge in [-0.1, -0.05) is 60.1 Å². The number of nitrogens with zero attached hydrogens (tertiary/aromatic N) is 5. The maximum atomic E-state index is 13.2. The number of rotatable bonds is 16. The highest BCUT2D eigenvalue weighted by molar-refractivity contribution is 7.89. The molecule has 0 aliphatic carbocycles. The SMILES string of the molecule is COc1ccc(CN(Cc2ccc(OC)cc2)S(=O)(=O)c2c[nH]c(=O)cn2)cc1.COc1ccc(CN(Cc2ccc(OC)cc2)S(=O)(=O)c2cnc(Cl)cn2)cc1. The molecule has 6 aromatic rings. The van der Waals surface area contributed by atoms with Crippen LogP contribution in [0.1, 0.15) is 22.3 Å². The van der Waals surface area contributed by atoms with Gasteiger partial charge in [-0.05, 0) is 70.8 Å². The van der Waals surface area contributed by atoms with Crippen molar-refractivity contribution in [3.8, 4) is 23.0 Å². The second-order valence-electron chi connectivity index (χ2n) is 12.4.